The number of rotatable bonds is 1. The van der Waals surface area contributed by atoms with E-state index >= 15 is 0 Å². The van der Waals surface area contributed by atoms with Gasteiger partial charge in [0.25, 0.3) is 5.91 Å². The molecule has 1 aromatic rings. The van der Waals surface area contributed by atoms with Crippen LogP contribution in [-0.4, -0.2) is 29.9 Å². The second-order valence-corrected chi connectivity index (χ2v) is 3.92. The molecule has 0 spiro atoms. The fraction of sp³-hybridized carbons (Fsp3) is 0.417. The van der Waals surface area contributed by atoms with E-state index in [-0.39, 0.29) is 11.9 Å². The van der Waals surface area contributed by atoms with Crippen molar-refractivity contribution in [2.24, 2.45) is 5.73 Å². The number of carbonyl (C=O) groups is 1. The number of carbonyl (C=O) groups excluding carboxylic acids is 1. The highest BCUT2D eigenvalue weighted by Crippen LogP contribution is 2.12. The summed E-state index contributed by atoms with van der Waals surface area (Å²) in [5, 5.41) is 0. The van der Waals surface area contributed by atoms with Crippen LogP contribution in [-0.2, 0) is 0 Å². The summed E-state index contributed by atoms with van der Waals surface area (Å²) in [6, 6.07) is 10.3. The normalized spacial score (nSPS) is 17.8. The summed E-state index contributed by atoms with van der Waals surface area (Å²) in [7, 11) is 0. The summed E-state index contributed by atoms with van der Waals surface area (Å²) in [4.78, 5) is 13.9. The minimum Gasteiger partial charge on any atom is -0.339 e. The maximum atomic E-state index is 12.0. The Balaban J connectivity index is 2.03. The number of nitrogens with zero attached hydrogens (tertiary/aromatic N) is 1. The van der Waals surface area contributed by atoms with Gasteiger partial charge in [-0.1, -0.05) is 12.1 Å². The molecule has 0 bridgehead atoms. The zero-order chi connectivity index (χ0) is 10.7. The van der Waals surface area contributed by atoms with Crippen LogP contribution in [0.1, 0.15) is 23.2 Å². The number of amides is 1. The third-order valence-electron chi connectivity index (χ3n) is 2.79. The Labute approximate surface area is 89.9 Å². The van der Waals surface area contributed by atoms with Gasteiger partial charge in [-0.2, -0.15) is 0 Å². The molecule has 0 atom stereocenters. The van der Waals surface area contributed by atoms with Gasteiger partial charge in [0.05, 0.1) is 0 Å². The maximum Gasteiger partial charge on any atom is 0.253 e. The number of hydrogen-bond donors (Lipinski definition) is 1. The molecule has 1 aromatic carbocycles. The lowest BCUT2D eigenvalue weighted by atomic mass is 10.1. The molecule has 3 heteroatoms. The third kappa shape index (κ3) is 2.36. The second-order valence-electron chi connectivity index (χ2n) is 3.92. The summed E-state index contributed by atoms with van der Waals surface area (Å²) in [5.74, 6) is 0.107. The van der Waals surface area contributed by atoms with Gasteiger partial charge < -0.3 is 10.6 Å². The Morgan fingerprint density at radius 1 is 1.33 bits per heavy atom. The van der Waals surface area contributed by atoms with Gasteiger partial charge >= 0.3 is 0 Å². The lowest BCUT2D eigenvalue weighted by molar-refractivity contribution is 0.0715. The molecular weight excluding hydrogens is 188 g/mol. The van der Waals surface area contributed by atoms with Gasteiger partial charge in [-0.15, -0.1) is 0 Å². The third-order valence-corrected chi connectivity index (χ3v) is 2.79. The summed E-state index contributed by atoms with van der Waals surface area (Å²) < 4.78 is 0. The molecule has 1 amide bonds. The van der Waals surface area contributed by atoms with E-state index in [0.717, 1.165) is 31.5 Å². The molecule has 2 N–H and O–H groups in total. The largest absolute Gasteiger partial charge is 0.339 e. The molecule has 1 saturated heterocycles. The van der Waals surface area contributed by atoms with Crippen LogP contribution < -0.4 is 5.73 Å². The Hall–Kier alpha value is -1.35. The van der Waals surface area contributed by atoms with Crippen molar-refractivity contribution in [3.05, 3.63) is 35.9 Å². The fourth-order valence-corrected chi connectivity index (χ4v) is 1.81. The number of nitrogens with two attached hydrogens (primary N) is 1. The molecule has 0 aromatic heterocycles. The van der Waals surface area contributed by atoms with Crippen LogP contribution in [0.25, 0.3) is 0 Å². The highest BCUT2D eigenvalue weighted by molar-refractivity contribution is 5.94. The number of hydrogen-bond acceptors (Lipinski definition) is 2. The van der Waals surface area contributed by atoms with Gasteiger partial charge in [0.1, 0.15) is 0 Å². The van der Waals surface area contributed by atoms with E-state index in [1.54, 1.807) is 24.3 Å². The van der Waals surface area contributed by atoms with E-state index in [1.165, 1.54) is 0 Å². The van der Waals surface area contributed by atoms with Crippen LogP contribution in [0, 0.1) is 6.07 Å². The zero-order valence-corrected chi connectivity index (χ0v) is 8.65. The number of likely N-dealkylation sites (tertiary alicyclic amines) is 1. The first-order valence-electron chi connectivity index (χ1n) is 5.28. The Morgan fingerprint density at radius 3 is 2.53 bits per heavy atom. The smallest absolute Gasteiger partial charge is 0.253 e. The monoisotopic (exact) mass is 203 g/mol. The Morgan fingerprint density at radius 2 is 1.93 bits per heavy atom. The van der Waals surface area contributed by atoms with E-state index < -0.39 is 0 Å². The van der Waals surface area contributed by atoms with Gasteiger partial charge in [0, 0.05) is 24.7 Å². The average Bonchev–Trinajstić information content (AvgIpc) is 2.30. The first-order valence-corrected chi connectivity index (χ1v) is 5.28. The highest BCUT2D eigenvalue weighted by atomic mass is 16.2. The summed E-state index contributed by atoms with van der Waals surface area (Å²) in [6.07, 6.45) is 1.81. The first kappa shape index (κ1) is 10.2. The van der Waals surface area contributed by atoms with Crippen LogP contribution in [0.3, 0.4) is 0 Å². The molecule has 0 aliphatic carbocycles. The molecule has 1 radical (unpaired) electrons. The van der Waals surface area contributed by atoms with Crippen LogP contribution in [0.4, 0.5) is 0 Å². The number of piperidine rings is 1. The SMILES string of the molecule is NC1CCN(C(=O)c2cc[c]cc2)CC1. The van der Waals surface area contributed by atoms with Crippen molar-refractivity contribution >= 4 is 5.91 Å². The molecule has 79 valence electrons. The van der Waals surface area contributed by atoms with Gasteiger partial charge in [-0.3, -0.25) is 4.79 Å². The second kappa shape index (κ2) is 4.45. The molecule has 1 aliphatic rings. The quantitative estimate of drug-likeness (QED) is 0.741. The first-order chi connectivity index (χ1) is 7.27. The van der Waals surface area contributed by atoms with Crippen LogP contribution in [0.2, 0.25) is 0 Å². The molecule has 0 unspecified atom stereocenters. The average molecular weight is 203 g/mol. The molecular formula is C12H15N2O. The number of benzene rings is 1. The van der Waals surface area contributed by atoms with Crippen molar-refractivity contribution in [3.8, 4) is 0 Å². The van der Waals surface area contributed by atoms with E-state index in [2.05, 4.69) is 6.07 Å². The van der Waals surface area contributed by atoms with Gasteiger partial charge in [0.2, 0.25) is 0 Å². The van der Waals surface area contributed by atoms with Crippen LogP contribution in [0.15, 0.2) is 24.3 Å². The Bertz CT molecular complexity index is 329. The predicted molar refractivity (Wildman–Crippen MR) is 58.4 cm³/mol. The minimum atomic E-state index is 0.107. The lowest BCUT2D eigenvalue weighted by Gasteiger charge is -2.30. The van der Waals surface area contributed by atoms with Crippen molar-refractivity contribution in [3.63, 3.8) is 0 Å². The van der Waals surface area contributed by atoms with E-state index in [4.69, 9.17) is 5.73 Å². The molecule has 15 heavy (non-hydrogen) atoms. The van der Waals surface area contributed by atoms with Crippen molar-refractivity contribution in [1.82, 2.24) is 4.90 Å². The lowest BCUT2D eigenvalue weighted by Crippen LogP contribution is -2.42. The van der Waals surface area contributed by atoms with Crippen molar-refractivity contribution in [2.75, 3.05) is 13.1 Å². The zero-order valence-electron chi connectivity index (χ0n) is 8.65. The summed E-state index contributed by atoms with van der Waals surface area (Å²) in [6.45, 7) is 1.55. The summed E-state index contributed by atoms with van der Waals surface area (Å²) in [5.41, 5.74) is 6.53. The van der Waals surface area contributed by atoms with E-state index in [0.29, 0.717) is 0 Å². The molecule has 1 heterocycles. The van der Waals surface area contributed by atoms with E-state index in [1.807, 2.05) is 4.90 Å². The highest BCUT2D eigenvalue weighted by Gasteiger charge is 2.21. The molecule has 1 aliphatic heterocycles. The van der Waals surface area contributed by atoms with Crippen molar-refractivity contribution < 1.29 is 4.79 Å². The maximum absolute atomic E-state index is 12.0. The summed E-state index contributed by atoms with van der Waals surface area (Å²) >= 11 is 0. The molecule has 0 saturated carbocycles. The molecule has 3 nitrogen and oxygen atoms in total. The predicted octanol–water partition coefficient (Wildman–Crippen LogP) is 1.05. The van der Waals surface area contributed by atoms with Crippen LogP contribution >= 0.6 is 0 Å². The topological polar surface area (TPSA) is 46.3 Å². The van der Waals surface area contributed by atoms with Gasteiger partial charge in [-0.25, -0.2) is 0 Å². The fourth-order valence-electron chi connectivity index (χ4n) is 1.81. The molecule has 1 fully saturated rings. The van der Waals surface area contributed by atoms with Crippen LogP contribution in [0.5, 0.6) is 0 Å². The van der Waals surface area contributed by atoms with Gasteiger partial charge in [-0.05, 0) is 31.0 Å². The van der Waals surface area contributed by atoms with Crippen molar-refractivity contribution in [1.29, 1.82) is 0 Å². The standard InChI is InChI=1S/C12H15N2O/c13-11-6-8-14(9-7-11)12(15)10-4-2-1-3-5-10/h2-5,11H,6-9,13H2. The Kier molecular flexibility index (Phi) is 3.02. The van der Waals surface area contributed by atoms with Gasteiger partial charge in [0.15, 0.2) is 0 Å². The van der Waals surface area contributed by atoms with E-state index in [9.17, 15) is 4.79 Å². The molecule has 2 rings (SSSR count). The minimum absolute atomic E-state index is 0.107. The van der Waals surface area contributed by atoms with Crippen molar-refractivity contribution in [2.45, 2.75) is 18.9 Å².